The number of hydrogen-bond donors (Lipinski definition) is 4. The number of aromatic hydroxyl groups is 1. The van der Waals surface area contributed by atoms with E-state index in [1.165, 1.54) is 0 Å². The average Bonchev–Trinajstić information content (AvgIpc) is 2.99. The molecule has 0 bridgehead atoms. The van der Waals surface area contributed by atoms with Crippen molar-refractivity contribution in [1.29, 1.82) is 0 Å². The predicted octanol–water partition coefficient (Wildman–Crippen LogP) is 2.79. The summed E-state index contributed by atoms with van der Waals surface area (Å²) in [6.07, 6.45) is 0.0925. The van der Waals surface area contributed by atoms with Crippen molar-refractivity contribution >= 4 is 28.4 Å². The van der Waals surface area contributed by atoms with Crippen molar-refractivity contribution in [2.45, 2.75) is 25.0 Å². The van der Waals surface area contributed by atoms with Crippen LogP contribution >= 0.6 is 11.6 Å². The third-order valence-electron chi connectivity index (χ3n) is 4.71. The van der Waals surface area contributed by atoms with Crippen molar-refractivity contribution < 1.29 is 15.0 Å². The van der Waals surface area contributed by atoms with Crippen LogP contribution in [0.5, 0.6) is 5.75 Å². The Balaban J connectivity index is 1.56. The van der Waals surface area contributed by atoms with Crippen molar-refractivity contribution in [1.82, 2.24) is 10.3 Å². The number of aromatic amines is 1. The number of nitrogens with one attached hydrogen (secondary N) is 2. The summed E-state index contributed by atoms with van der Waals surface area (Å²) in [4.78, 5) is 15.6. The number of phenols is 1. The Morgan fingerprint density at radius 3 is 2.88 bits per heavy atom. The molecule has 2 aromatic carbocycles. The first-order valence-electron chi connectivity index (χ1n) is 8.08. The van der Waals surface area contributed by atoms with Crippen LogP contribution in [0.25, 0.3) is 10.9 Å². The van der Waals surface area contributed by atoms with Gasteiger partial charge in [-0.3, -0.25) is 4.79 Å². The normalized spacial score (nSPS) is 19.6. The van der Waals surface area contributed by atoms with Crippen LogP contribution in [-0.4, -0.2) is 33.3 Å². The number of carbonyl (C=O) groups excluding carboxylic acids is 1. The zero-order chi connectivity index (χ0) is 17.6. The van der Waals surface area contributed by atoms with Crippen molar-refractivity contribution in [3.8, 4) is 5.75 Å². The lowest BCUT2D eigenvalue weighted by Crippen LogP contribution is -2.48. The molecule has 0 fully saturated rings. The molecule has 0 radical (unpaired) electrons. The van der Waals surface area contributed by atoms with Gasteiger partial charge in [0.2, 0.25) is 0 Å². The number of carbonyl (C=O) groups is 1. The van der Waals surface area contributed by atoms with Gasteiger partial charge in [0.05, 0.1) is 12.1 Å². The first kappa shape index (κ1) is 16.0. The maximum absolute atomic E-state index is 12.6. The number of aromatic nitrogens is 1. The van der Waals surface area contributed by atoms with Crippen LogP contribution in [0.3, 0.4) is 0 Å². The molecule has 1 amide bonds. The number of fused-ring (bicyclic) bond motifs is 2. The van der Waals surface area contributed by atoms with E-state index in [4.69, 9.17) is 11.6 Å². The summed E-state index contributed by atoms with van der Waals surface area (Å²) in [6, 6.07) is 11.9. The van der Waals surface area contributed by atoms with Crippen molar-refractivity contribution in [3.05, 3.63) is 64.3 Å². The monoisotopic (exact) mass is 356 g/mol. The van der Waals surface area contributed by atoms with E-state index in [1.807, 2.05) is 12.1 Å². The highest BCUT2D eigenvalue weighted by Gasteiger charge is 2.30. The van der Waals surface area contributed by atoms with E-state index in [0.717, 1.165) is 22.0 Å². The molecule has 128 valence electrons. The molecular weight excluding hydrogens is 340 g/mol. The standard InChI is InChI=1S/C19H17ClN2O3/c20-12-4-5-14-11(6-12)7-16(21-14)19(25)22-15-9-13-10(8-18(15)24)2-1-3-17(13)23/h1-7,15,18,21,23-24H,8-9H2,(H,22,25)/t15-,18-/m0/s1. The number of halogens is 1. The molecule has 0 unspecified atom stereocenters. The maximum Gasteiger partial charge on any atom is 0.268 e. The highest BCUT2D eigenvalue weighted by molar-refractivity contribution is 6.31. The lowest BCUT2D eigenvalue weighted by molar-refractivity contribution is 0.0809. The van der Waals surface area contributed by atoms with Gasteiger partial charge in [-0.2, -0.15) is 0 Å². The molecule has 0 spiro atoms. The Labute approximate surface area is 149 Å². The minimum absolute atomic E-state index is 0.198. The minimum Gasteiger partial charge on any atom is -0.508 e. The number of phenolic OH excluding ortho intramolecular Hbond substituents is 1. The van der Waals surface area contributed by atoms with E-state index in [1.54, 1.807) is 30.3 Å². The molecule has 4 rings (SSSR count). The van der Waals surface area contributed by atoms with E-state index in [2.05, 4.69) is 10.3 Å². The molecule has 0 saturated carbocycles. The van der Waals surface area contributed by atoms with E-state index in [0.29, 0.717) is 23.6 Å². The fraction of sp³-hybridized carbons (Fsp3) is 0.211. The summed E-state index contributed by atoms with van der Waals surface area (Å²) in [5.74, 6) is -0.0980. The number of benzene rings is 2. The van der Waals surface area contributed by atoms with Gasteiger partial charge in [-0.25, -0.2) is 0 Å². The summed E-state index contributed by atoms with van der Waals surface area (Å²) in [5.41, 5.74) is 2.93. The van der Waals surface area contributed by atoms with Gasteiger partial charge in [0.15, 0.2) is 0 Å². The van der Waals surface area contributed by atoms with E-state index < -0.39 is 12.1 Å². The van der Waals surface area contributed by atoms with Crippen LogP contribution < -0.4 is 5.32 Å². The Bertz CT molecular complexity index is 966. The predicted molar refractivity (Wildman–Crippen MR) is 96.1 cm³/mol. The van der Waals surface area contributed by atoms with E-state index >= 15 is 0 Å². The smallest absolute Gasteiger partial charge is 0.268 e. The summed E-state index contributed by atoms with van der Waals surface area (Å²) >= 11 is 5.97. The largest absolute Gasteiger partial charge is 0.508 e. The highest BCUT2D eigenvalue weighted by atomic mass is 35.5. The van der Waals surface area contributed by atoms with Crippen LogP contribution in [0.2, 0.25) is 5.02 Å². The minimum atomic E-state index is -0.697. The van der Waals surface area contributed by atoms with Gasteiger partial charge < -0.3 is 20.5 Å². The lowest BCUT2D eigenvalue weighted by Gasteiger charge is -2.30. The van der Waals surface area contributed by atoms with Crippen molar-refractivity contribution in [2.75, 3.05) is 0 Å². The number of aliphatic hydroxyl groups is 1. The van der Waals surface area contributed by atoms with Crippen LogP contribution in [-0.2, 0) is 12.8 Å². The molecule has 2 atom stereocenters. The second-order valence-corrected chi connectivity index (χ2v) is 6.82. The van der Waals surface area contributed by atoms with Crippen molar-refractivity contribution in [3.63, 3.8) is 0 Å². The van der Waals surface area contributed by atoms with Crippen LogP contribution in [0.15, 0.2) is 42.5 Å². The Kier molecular flexibility index (Phi) is 3.90. The van der Waals surface area contributed by atoms with Crippen LogP contribution in [0, 0.1) is 0 Å². The molecule has 1 aliphatic rings. The fourth-order valence-electron chi connectivity index (χ4n) is 3.39. The SMILES string of the molecule is O=C(N[C@H]1Cc2c(O)cccc2C[C@@H]1O)c1cc2cc(Cl)ccc2[nH]1. The molecule has 5 nitrogen and oxygen atoms in total. The fourth-order valence-corrected chi connectivity index (χ4v) is 3.57. The Morgan fingerprint density at radius 2 is 2.04 bits per heavy atom. The number of rotatable bonds is 2. The molecule has 6 heteroatoms. The molecular formula is C19H17ClN2O3. The quantitative estimate of drug-likeness (QED) is 0.569. The van der Waals surface area contributed by atoms with Crippen LogP contribution in [0.4, 0.5) is 0 Å². The molecule has 25 heavy (non-hydrogen) atoms. The van der Waals surface area contributed by atoms with Gasteiger partial charge in [-0.1, -0.05) is 23.7 Å². The first-order valence-corrected chi connectivity index (χ1v) is 8.46. The molecule has 1 heterocycles. The third-order valence-corrected chi connectivity index (χ3v) is 4.94. The number of amides is 1. The van der Waals surface area contributed by atoms with Gasteiger partial charge in [0.1, 0.15) is 11.4 Å². The second kappa shape index (κ2) is 6.10. The number of H-pyrrole nitrogens is 1. The van der Waals surface area contributed by atoms with Gasteiger partial charge in [0, 0.05) is 22.3 Å². The number of aliphatic hydroxyl groups excluding tert-OH is 1. The van der Waals surface area contributed by atoms with Gasteiger partial charge in [-0.15, -0.1) is 0 Å². The summed E-state index contributed by atoms with van der Waals surface area (Å²) in [7, 11) is 0. The van der Waals surface area contributed by atoms with Crippen LogP contribution in [0.1, 0.15) is 21.6 Å². The van der Waals surface area contributed by atoms with Gasteiger partial charge >= 0.3 is 0 Å². The second-order valence-electron chi connectivity index (χ2n) is 6.38. The zero-order valence-electron chi connectivity index (χ0n) is 13.3. The summed E-state index contributed by atoms with van der Waals surface area (Å²) < 4.78 is 0. The topological polar surface area (TPSA) is 85.3 Å². The molecule has 3 aromatic rings. The van der Waals surface area contributed by atoms with Gasteiger partial charge in [-0.05, 0) is 47.9 Å². The third kappa shape index (κ3) is 2.97. The summed E-state index contributed by atoms with van der Waals surface area (Å²) in [6.45, 7) is 0. The lowest BCUT2D eigenvalue weighted by atomic mass is 9.85. The number of hydrogen-bond acceptors (Lipinski definition) is 3. The maximum atomic E-state index is 12.6. The zero-order valence-corrected chi connectivity index (χ0v) is 14.0. The molecule has 1 aromatic heterocycles. The molecule has 4 N–H and O–H groups in total. The van der Waals surface area contributed by atoms with Gasteiger partial charge in [0.25, 0.3) is 5.91 Å². The summed E-state index contributed by atoms with van der Waals surface area (Å²) in [5, 5.41) is 24.7. The van der Waals surface area contributed by atoms with Crippen molar-refractivity contribution in [2.24, 2.45) is 0 Å². The highest BCUT2D eigenvalue weighted by Crippen LogP contribution is 2.29. The molecule has 1 aliphatic carbocycles. The van der Waals surface area contributed by atoms with E-state index in [9.17, 15) is 15.0 Å². The van der Waals surface area contributed by atoms with E-state index in [-0.39, 0.29) is 11.7 Å². The Hall–Kier alpha value is -2.50. The average molecular weight is 357 g/mol. The first-order chi connectivity index (χ1) is 12.0. The Morgan fingerprint density at radius 1 is 1.20 bits per heavy atom. The molecule has 0 aliphatic heterocycles. The molecule has 0 saturated heterocycles.